The van der Waals surface area contributed by atoms with E-state index >= 15 is 0 Å². The fourth-order valence-corrected chi connectivity index (χ4v) is 2.41. The summed E-state index contributed by atoms with van der Waals surface area (Å²) in [7, 11) is 0. The second kappa shape index (κ2) is 9.36. The Morgan fingerprint density at radius 2 is 1.70 bits per heavy atom. The van der Waals surface area contributed by atoms with Crippen LogP contribution in [0.4, 0.5) is 0 Å². The molecule has 1 N–H and O–H groups in total. The summed E-state index contributed by atoms with van der Waals surface area (Å²) in [4.78, 5) is 12.2. The molecule has 0 fully saturated rings. The van der Waals surface area contributed by atoms with Gasteiger partial charge in [0.2, 0.25) is 0 Å². The summed E-state index contributed by atoms with van der Waals surface area (Å²) < 4.78 is 5.69. The Morgan fingerprint density at radius 1 is 1.07 bits per heavy atom. The lowest BCUT2D eigenvalue weighted by Gasteiger charge is -2.18. The second-order valence-electron chi connectivity index (χ2n) is 8.13. The summed E-state index contributed by atoms with van der Waals surface area (Å²) in [5.41, 5.74) is 5.32. The van der Waals surface area contributed by atoms with Gasteiger partial charge in [-0.3, -0.25) is 4.79 Å². The molecule has 0 aliphatic carbocycles. The normalized spacial score (nSPS) is 11.8. The fraction of sp³-hybridized carbons (Fsp3) is 0.391. The Bertz CT molecular complexity index is 754. The molecule has 144 valence electrons. The van der Waals surface area contributed by atoms with Crippen LogP contribution in [-0.2, 0) is 5.41 Å². The van der Waals surface area contributed by atoms with Crippen LogP contribution in [0.15, 0.2) is 53.6 Å². The van der Waals surface area contributed by atoms with Crippen molar-refractivity contribution in [1.82, 2.24) is 5.43 Å². The van der Waals surface area contributed by atoms with E-state index in [9.17, 15) is 4.79 Å². The third kappa shape index (κ3) is 6.89. The van der Waals surface area contributed by atoms with Crippen LogP contribution in [0, 0.1) is 5.92 Å². The molecule has 0 aliphatic rings. The van der Waals surface area contributed by atoms with Crippen LogP contribution in [-0.4, -0.2) is 18.7 Å². The average molecular weight is 367 g/mol. The van der Waals surface area contributed by atoms with Crippen LogP contribution in [0.5, 0.6) is 5.75 Å². The fourth-order valence-electron chi connectivity index (χ4n) is 2.41. The standard InChI is InChI=1S/C23H30N2O2/c1-17(2)14-15-27-21-12-6-18(7-13-21)16-24-25-22(26)19-8-10-20(11-9-19)23(3,4)5/h6-13,16-17H,14-15H2,1-5H3,(H,25,26). The highest BCUT2D eigenvalue weighted by molar-refractivity contribution is 5.94. The van der Waals surface area contributed by atoms with Crippen molar-refractivity contribution in [2.75, 3.05) is 6.61 Å². The van der Waals surface area contributed by atoms with Crippen LogP contribution >= 0.6 is 0 Å². The van der Waals surface area contributed by atoms with E-state index in [1.165, 1.54) is 5.56 Å². The number of nitrogens with zero attached hydrogens (tertiary/aromatic N) is 1. The molecule has 0 aliphatic heterocycles. The molecule has 1 amide bonds. The summed E-state index contributed by atoms with van der Waals surface area (Å²) in [6.07, 6.45) is 2.66. The van der Waals surface area contributed by atoms with Crippen molar-refractivity contribution in [3.63, 3.8) is 0 Å². The average Bonchev–Trinajstić information content (AvgIpc) is 2.62. The molecular weight excluding hydrogens is 336 g/mol. The van der Waals surface area contributed by atoms with Gasteiger partial charge in [0.15, 0.2) is 0 Å². The summed E-state index contributed by atoms with van der Waals surface area (Å²) in [6, 6.07) is 15.3. The van der Waals surface area contributed by atoms with Gasteiger partial charge in [-0.05, 0) is 65.3 Å². The number of rotatable bonds is 7. The van der Waals surface area contributed by atoms with E-state index in [1.54, 1.807) is 6.21 Å². The number of carbonyl (C=O) groups is 1. The Morgan fingerprint density at radius 3 is 2.26 bits per heavy atom. The number of carbonyl (C=O) groups excluding carboxylic acids is 1. The third-order valence-electron chi connectivity index (χ3n) is 4.24. The summed E-state index contributed by atoms with van der Waals surface area (Å²) >= 11 is 0. The monoisotopic (exact) mass is 366 g/mol. The van der Waals surface area contributed by atoms with E-state index in [2.05, 4.69) is 45.1 Å². The van der Waals surface area contributed by atoms with Crippen LogP contribution in [0.2, 0.25) is 0 Å². The maximum atomic E-state index is 12.2. The molecule has 0 spiro atoms. The van der Waals surface area contributed by atoms with Crippen molar-refractivity contribution >= 4 is 12.1 Å². The van der Waals surface area contributed by atoms with E-state index in [0.717, 1.165) is 24.3 Å². The first-order valence-electron chi connectivity index (χ1n) is 9.42. The highest BCUT2D eigenvalue weighted by Crippen LogP contribution is 2.22. The summed E-state index contributed by atoms with van der Waals surface area (Å²) in [5, 5.41) is 4.04. The topological polar surface area (TPSA) is 50.7 Å². The highest BCUT2D eigenvalue weighted by atomic mass is 16.5. The number of ether oxygens (including phenoxy) is 1. The minimum Gasteiger partial charge on any atom is -0.494 e. The molecule has 0 heterocycles. The first-order valence-corrected chi connectivity index (χ1v) is 9.42. The van der Waals surface area contributed by atoms with E-state index in [1.807, 2.05) is 48.5 Å². The van der Waals surface area contributed by atoms with Crippen LogP contribution < -0.4 is 10.2 Å². The Balaban J connectivity index is 1.86. The van der Waals surface area contributed by atoms with Gasteiger partial charge in [0.1, 0.15) is 5.75 Å². The van der Waals surface area contributed by atoms with Crippen molar-refractivity contribution in [1.29, 1.82) is 0 Å². The molecule has 2 rings (SSSR count). The van der Waals surface area contributed by atoms with Crippen molar-refractivity contribution in [2.24, 2.45) is 11.0 Å². The van der Waals surface area contributed by atoms with E-state index in [4.69, 9.17) is 4.74 Å². The molecule has 2 aromatic rings. The van der Waals surface area contributed by atoms with Crippen molar-refractivity contribution in [3.05, 3.63) is 65.2 Å². The molecule has 2 aromatic carbocycles. The molecule has 0 saturated heterocycles. The first-order chi connectivity index (χ1) is 12.8. The molecule has 0 aromatic heterocycles. The molecule has 27 heavy (non-hydrogen) atoms. The van der Waals surface area contributed by atoms with Crippen molar-refractivity contribution in [2.45, 2.75) is 46.5 Å². The summed E-state index contributed by atoms with van der Waals surface area (Å²) in [5.74, 6) is 1.25. The van der Waals surface area contributed by atoms with Gasteiger partial charge in [-0.25, -0.2) is 5.43 Å². The smallest absolute Gasteiger partial charge is 0.271 e. The number of nitrogens with one attached hydrogen (secondary N) is 1. The number of benzene rings is 2. The van der Waals surface area contributed by atoms with Gasteiger partial charge in [-0.15, -0.1) is 0 Å². The number of amides is 1. The molecule has 0 radical (unpaired) electrons. The van der Waals surface area contributed by atoms with Gasteiger partial charge in [0, 0.05) is 5.56 Å². The largest absolute Gasteiger partial charge is 0.494 e. The van der Waals surface area contributed by atoms with Gasteiger partial charge < -0.3 is 4.74 Å². The molecule has 0 bridgehead atoms. The van der Waals surface area contributed by atoms with Crippen LogP contribution in [0.25, 0.3) is 0 Å². The Labute approximate surface area is 162 Å². The lowest BCUT2D eigenvalue weighted by Crippen LogP contribution is -2.18. The number of hydrogen-bond acceptors (Lipinski definition) is 3. The molecule has 0 atom stereocenters. The Hall–Kier alpha value is -2.62. The van der Waals surface area contributed by atoms with Crippen molar-refractivity contribution in [3.8, 4) is 5.75 Å². The van der Waals surface area contributed by atoms with Crippen molar-refractivity contribution < 1.29 is 9.53 Å². The van der Waals surface area contributed by atoms with Gasteiger partial charge >= 0.3 is 0 Å². The first kappa shape index (κ1) is 20.7. The zero-order valence-corrected chi connectivity index (χ0v) is 17.0. The predicted octanol–water partition coefficient (Wildman–Crippen LogP) is 5.17. The number of hydrogen-bond donors (Lipinski definition) is 1. The summed E-state index contributed by atoms with van der Waals surface area (Å²) in [6.45, 7) is 11.5. The maximum Gasteiger partial charge on any atom is 0.271 e. The van der Waals surface area contributed by atoms with Crippen LogP contribution in [0.1, 0.15) is 62.5 Å². The lowest BCUT2D eigenvalue weighted by atomic mass is 9.87. The third-order valence-corrected chi connectivity index (χ3v) is 4.24. The SMILES string of the molecule is CC(C)CCOc1ccc(C=NNC(=O)c2ccc(C(C)(C)C)cc2)cc1. The molecule has 4 heteroatoms. The molecule has 0 unspecified atom stereocenters. The van der Waals surface area contributed by atoms with E-state index in [-0.39, 0.29) is 11.3 Å². The number of hydrazone groups is 1. The lowest BCUT2D eigenvalue weighted by molar-refractivity contribution is 0.0955. The quantitative estimate of drug-likeness (QED) is 0.543. The zero-order chi connectivity index (χ0) is 19.9. The van der Waals surface area contributed by atoms with Gasteiger partial charge in [-0.1, -0.05) is 46.8 Å². The Kier molecular flexibility index (Phi) is 7.17. The van der Waals surface area contributed by atoms with Gasteiger partial charge in [-0.2, -0.15) is 5.10 Å². The molecule has 0 saturated carbocycles. The zero-order valence-electron chi connectivity index (χ0n) is 17.0. The minimum absolute atomic E-state index is 0.0673. The van der Waals surface area contributed by atoms with Gasteiger partial charge in [0.25, 0.3) is 5.91 Å². The van der Waals surface area contributed by atoms with E-state index < -0.39 is 0 Å². The van der Waals surface area contributed by atoms with Gasteiger partial charge in [0.05, 0.1) is 12.8 Å². The molecule has 4 nitrogen and oxygen atoms in total. The van der Waals surface area contributed by atoms with Crippen LogP contribution in [0.3, 0.4) is 0 Å². The van der Waals surface area contributed by atoms with E-state index in [0.29, 0.717) is 11.5 Å². The highest BCUT2D eigenvalue weighted by Gasteiger charge is 2.14. The second-order valence-corrected chi connectivity index (χ2v) is 8.13. The minimum atomic E-state index is -0.222. The predicted molar refractivity (Wildman–Crippen MR) is 112 cm³/mol. The molecular formula is C23H30N2O2. The maximum absolute atomic E-state index is 12.2.